The van der Waals surface area contributed by atoms with E-state index in [4.69, 9.17) is 27.9 Å². The van der Waals surface area contributed by atoms with Crippen LogP contribution in [0.25, 0.3) is 0 Å². The van der Waals surface area contributed by atoms with E-state index in [1.165, 1.54) is 0 Å². The largest absolute Gasteiger partial charge is 0.495 e. The molecule has 3 nitrogen and oxygen atoms in total. The topological polar surface area (TPSA) is 34.2 Å². The Balaban J connectivity index is 2.50. The van der Waals surface area contributed by atoms with Gasteiger partial charge in [0.1, 0.15) is 11.4 Å². The molecule has 2 rings (SSSR count). The van der Waals surface area contributed by atoms with Crippen LogP contribution >= 0.6 is 23.2 Å². The van der Waals surface area contributed by atoms with Crippen LogP contribution in [-0.4, -0.2) is 18.6 Å². The van der Waals surface area contributed by atoms with E-state index >= 15 is 0 Å². The number of rotatable bonds is 5. The minimum Gasteiger partial charge on any atom is -0.495 e. The van der Waals surface area contributed by atoms with Gasteiger partial charge in [-0.2, -0.15) is 0 Å². The molecule has 5 heteroatoms. The highest BCUT2D eigenvalue weighted by molar-refractivity contribution is 6.35. The number of methoxy groups -OCH3 is 1. The number of nitrogens with zero attached hydrogens (tertiary/aromatic N) is 1. The summed E-state index contributed by atoms with van der Waals surface area (Å²) in [6, 6.07) is 9.05. The Morgan fingerprint density at radius 3 is 2.75 bits per heavy atom. The zero-order chi connectivity index (χ0) is 14.5. The van der Waals surface area contributed by atoms with Gasteiger partial charge in [-0.25, -0.2) is 0 Å². The smallest absolute Gasteiger partial charge is 0.142 e. The Morgan fingerprint density at radius 2 is 2.10 bits per heavy atom. The number of ether oxygens (including phenoxy) is 1. The van der Waals surface area contributed by atoms with Gasteiger partial charge in [-0.1, -0.05) is 36.2 Å². The number of pyridine rings is 1. The van der Waals surface area contributed by atoms with Gasteiger partial charge < -0.3 is 10.1 Å². The van der Waals surface area contributed by atoms with Crippen molar-refractivity contribution in [3.63, 3.8) is 0 Å². The summed E-state index contributed by atoms with van der Waals surface area (Å²) >= 11 is 12.3. The molecule has 0 spiro atoms. The van der Waals surface area contributed by atoms with Crippen LogP contribution in [0.4, 0.5) is 0 Å². The summed E-state index contributed by atoms with van der Waals surface area (Å²) in [6.07, 6.45) is 1.74. The number of aromatic nitrogens is 1. The second-order valence-corrected chi connectivity index (χ2v) is 5.09. The molecule has 1 unspecified atom stereocenters. The average Bonchev–Trinajstić information content (AvgIpc) is 2.45. The van der Waals surface area contributed by atoms with Gasteiger partial charge in [-0.15, -0.1) is 0 Å². The Kier molecular flexibility index (Phi) is 5.24. The van der Waals surface area contributed by atoms with Gasteiger partial charge in [0.25, 0.3) is 0 Å². The maximum Gasteiger partial charge on any atom is 0.142 e. The molecule has 0 aliphatic carbocycles. The van der Waals surface area contributed by atoms with Crippen molar-refractivity contribution in [2.75, 3.05) is 13.7 Å². The van der Waals surface area contributed by atoms with Crippen LogP contribution in [0.5, 0.6) is 5.75 Å². The first-order valence-corrected chi connectivity index (χ1v) is 7.10. The normalized spacial score (nSPS) is 12.2. The van der Waals surface area contributed by atoms with E-state index < -0.39 is 0 Å². The molecule has 0 aliphatic heterocycles. The molecule has 2 aromatic rings. The van der Waals surface area contributed by atoms with E-state index in [9.17, 15) is 0 Å². The van der Waals surface area contributed by atoms with E-state index in [1.807, 2.05) is 31.2 Å². The van der Waals surface area contributed by atoms with Gasteiger partial charge in [0.05, 0.1) is 13.2 Å². The van der Waals surface area contributed by atoms with Gasteiger partial charge in [0, 0.05) is 16.2 Å². The highest BCUT2D eigenvalue weighted by atomic mass is 35.5. The van der Waals surface area contributed by atoms with Gasteiger partial charge in [0.15, 0.2) is 0 Å². The minimum absolute atomic E-state index is 0.138. The summed E-state index contributed by atoms with van der Waals surface area (Å²) in [4.78, 5) is 4.43. The predicted molar refractivity (Wildman–Crippen MR) is 82.8 cm³/mol. The molecule has 1 heterocycles. The first kappa shape index (κ1) is 15.1. The van der Waals surface area contributed by atoms with Gasteiger partial charge >= 0.3 is 0 Å². The summed E-state index contributed by atoms with van der Waals surface area (Å²) in [6.45, 7) is 2.82. The van der Waals surface area contributed by atoms with Crippen LogP contribution in [0.15, 0.2) is 36.5 Å². The van der Waals surface area contributed by atoms with E-state index in [0.717, 1.165) is 23.6 Å². The van der Waals surface area contributed by atoms with Crippen molar-refractivity contribution in [3.8, 4) is 5.75 Å². The van der Waals surface area contributed by atoms with Gasteiger partial charge in [0.2, 0.25) is 0 Å². The molecule has 1 aromatic carbocycles. The second kappa shape index (κ2) is 6.93. The number of hydrogen-bond donors (Lipinski definition) is 1. The molecule has 1 aromatic heterocycles. The number of nitrogens with one attached hydrogen (secondary N) is 1. The van der Waals surface area contributed by atoms with Crippen LogP contribution < -0.4 is 10.1 Å². The van der Waals surface area contributed by atoms with Crippen LogP contribution in [0.1, 0.15) is 24.2 Å². The van der Waals surface area contributed by atoms with E-state index in [1.54, 1.807) is 19.4 Å². The molecule has 0 amide bonds. The van der Waals surface area contributed by atoms with E-state index in [0.29, 0.717) is 10.0 Å². The summed E-state index contributed by atoms with van der Waals surface area (Å²) in [5.74, 6) is 0.726. The summed E-state index contributed by atoms with van der Waals surface area (Å²) in [7, 11) is 1.63. The number of benzene rings is 1. The summed E-state index contributed by atoms with van der Waals surface area (Å²) in [5, 5.41) is 4.60. The first-order valence-electron chi connectivity index (χ1n) is 6.34. The Labute approximate surface area is 128 Å². The zero-order valence-corrected chi connectivity index (χ0v) is 12.9. The monoisotopic (exact) mass is 310 g/mol. The maximum absolute atomic E-state index is 6.31. The standard InChI is InChI=1S/C15H16Cl2N2O/c1-3-18-14(11-7-6-10(16)9-12(11)17)15-13(20-2)5-4-8-19-15/h4-9,14,18H,3H2,1-2H3. The van der Waals surface area contributed by atoms with Crippen molar-refractivity contribution in [1.82, 2.24) is 10.3 Å². The van der Waals surface area contributed by atoms with Crippen LogP contribution in [0, 0.1) is 0 Å². The van der Waals surface area contributed by atoms with Crippen LogP contribution in [-0.2, 0) is 0 Å². The van der Waals surface area contributed by atoms with Crippen molar-refractivity contribution in [3.05, 3.63) is 57.8 Å². The van der Waals surface area contributed by atoms with Gasteiger partial charge in [-0.3, -0.25) is 4.98 Å². The molecule has 0 radical (unpaired) electrons. The van der Waals surface area contributed by atoms with Crippen LogP contribution in [0.3, 0.4) is 0 Å². The molecule has 106 valence electrons. The van der Waals surface area contributed by atoms with E-state index in [2.05, 4.69) is 10.3 Å². The Bertz CT molecular complexity index is 590. The third-order valence-corrected chi connectivity index (χ3v) is 3.54. The first-order chi connectivity index (χ1) is 9.67. The number of hydrogen-bond acceptors (Lipinski definition) is 3. The van der Waals surface area contributed by atoms with Crippen molar-refractivity contribution < 1.29 is 4.74 Å². The lowest BCUT2D eigenvalue weighted by Crippen LogP contribution is -2.23. The fraction of sp³-hybridized carbons (Fsp3) is 0.267. The summed E-state index contributed by atoms with van der Waals surface area (Å²) < 4.78 is 5.39. The minimum atomic E-state index is -0.138. The fourth-order valence-electron chi connectivity index (χ4n) is 2.09. The SMILES string of the molecule is CCNC(c1ccc(Cl)cc1Cl)c1ncccc1OC. The van der Waals surface area contributed by atoms with Crippen molar-refractivity contribution in [2.24, 2.45) is 0 Å². The molecule has 1 N–H and O–H groups in total. The zero-order valence-electron chi connectivity index (χ0n) is 11.4. The van der Waals surface area contributed by atoms with Crippen molar-refractivity contribution in [2.45, 2.75) is 13.0 Å². The van der Waals surface area contributed by atoms with E-state index in [-0.39, 0.29) is 6.04 Å². The molecule has 0 aliphatic rings. The lowest BCUT2D eigenvalue weighted by molar-refractivity contribution is 0.400. The average molecular weight is 311 g/mol. The Morgan fingerprint density at radius 1 is 1.30 bits per heavy atom. The Hall–Kier alpha value is -1.29. The van der Waals surface area contributed by atoms with Crippen molar-refractivity contribution >= 4 is 23.2 Å². The molecule has 1 atom stereocenters. The quantitative estimate of drug-likeness (QED) is 0.903. The number of halogens is 2. The van der Waals surface area contributed by atoms with Crippen LogP contribution in [0.2, 0.25) is 10.0 Å². The molecule has 0 bridgehead atoms. The molecular formula is C15H16Cl2N2O. The predicted octanol–water partition coefficient (Wildman–Crippen LogP) is 4.10. The fourth-order valence-corrected chi connectivity index (χ4v) is 2.60. The molecular weight excluding hydrogens is 295 g/mol. The second-order valence-electron chi connectivity index (χ2n) is 4.25. The third-order valence-electron chi connectivity index (χ3n) is 2.97. The molecule has 0 fully saturated rings. The lowest BCUT2D eigenvalue weighted by atomic mass is 10.0. The molecule has 20 heavy (non-hydrogen) atoms. The van der Waals surface area contributed by atoms with Crippen molar-refractivity contribution in [1.29, 1.82) is 0 Å². The highest BCUT2D eigenvalue weighted by Crippen LogP contribution is 2.33. The third kappa shape index (κ3) is 3.23. The molecule has 0 saturated carbocycles. The highest BCUT2D eigenvalue weighted by Gasteiger charge is 2.21. The van der Waals surface area contributed by atoms with Gasteiger partial charge in [-0.05, 0) is 36.4 Å². The maximum atomic E-state index is 6.31. The lowest BCUT2D eigenvalue weighted by Gasteiger charge is -2.21. The molecule has 0 saturated heterocycles. The summed E-state index contributed by atoms with van der Waals surface area (Å²) in [5.41, 5.74) is 1.73.